The molecule has 1 amide bonds. The smallest absolute Gasteiger partial charge is 0.311 e. The molecule has 0 spiro atoms. The van der Waals surface area contributed by atoms with Crippen molar-refractivity contribution >= 4 is 18.1 Å². The van der Waals surface area contributed by atoms with Gasteiger partial charge in [0.15, 0.2) is 0 Å². The van der Waals surface area contributed by atoms with Gasteiger partial charge in [0, 0.05) is 12.8 Å². The van der Waals surface area contributed by atoms with E-state index in [0.29, 0.717) is 25.0 Å². The lowest BCUT2D eigenvalue weighted by Crippen LogP contribution is -2.17. The van der Waals surface area contributed by atoms with Gasteiger partial charge in [0.05, 0.1) is 6.21 Å². The van der Waals surface area contributed by atoms with Crippen molar-refractivity contribution in [3.8, 4) is 5.75 Å². The summed E-state index contributed by atoms with van der Waals surface area (Å²) in [6, 6.07) is 26.9. The summed E-state index contributed by atoms with van der Waals surface area (Å²) < 4.78 is 5.36. The molecule has 3 aromatic rings. The first kappa shape index (κ1) is 22.0. The van der Waals surface area contributed by atoms with Crippen molar-refractivity contribution in [3.63, 3.8) is 0 Å². The molecule has 1 N–H and O–H groups in total. The van der Waals surface area contributed by atoms with E-state index >= 15 is 0 Å². The van der Waals surface area contributed by atoms with Crippen LogP contribution in [0.2, 0.25) is 0 Å². The van der Waals surface area contributed by atoms with Crippen molar-refractivity contribution in [3.05, 3.63) is 102 Å². The number of carbonyl (C=O) groups excluding carboxylic acids is 2. The summed E-state index contributed by atoms with van der Waals surface area (Å²) in [7, 11) is 0. The van der Waals surface area contributed by atoms with E-state index in [4.69, 9.17) is 4.74 Å². The van der Waals surface area contributed by atoms with Gasteiger partial charge in [-0.1, -0.05) is 60.7 Å². The number of carbonyl (C=O) groups is 2. The van der Waals surface area contributed by atoms with E-state index in [-0.39, 0.29) is 11.9 Å². The minimum atomic E-state index is -0.270. The van der Waals surface area contributed by atoms with Crippen molar-refractivity contribution < 1.29 is 14.3 Å². The Kier molecular flexibility index (Phi) is 8.56. The monoisotopic (exact) mass is 414 g/mol. The van der Waals surface area contributed by atoms with Gasteiger partial charge in [0.25, 0.3) is 0 Å². The predicted octanol–water partition coefficient (Wildman–Crippen LogP) is 4.70. The van der Waals surface area contributed by atoms with Gasteiger partial charge in [-0.3, -0.25) is 9.59 Å². The van der Waals surface area contributed by atoms with Gasteiger partial charge in [-0.25, -0.2) is 5.43 Å². The van der Waals surface area contributed by atoms with E-state index < -0.39 is 0 Å². The molecule has 3 rings (SSSR count). The van der Waals surface area contributed by atoms with Crippen LogP contribution in [0, 0.1) is 0 Å². The van der Waals surface area contributed by atoms with Crippen LogP contribution in [0.1, 0.15) is 36.0 Å². The molecule has 0 radical (unpaired) electrons. The first-order valence-electron chi connectivity index (χ1n) is 10.4. The van der Waals surface area contributed by atoms with Crippen LogP contribution in [0.3, 0.4) is 0 Å². The number of esters is 1. The van der Waals surface area contributed by atoms with E-state index in [9.17, 15) is 9.59 Å². The second kappa shape index (κ2) is 12.1. The molecule has 0 bridgehead atoms. The molecular weight excluding hydrogens is 388 g/mol. The van der Waals surface area contributed by atoms with E-state index in [1.165, 1.54) is 5.56 Å². The molecule has 0 aliphatic rings. The average Bonchev–Trinajstić information content (AvgIpc) is 2.80. The first-order chi connectivity index (χ1) is 15.2. The zero-order chi connectivity index (χ0) is 21.7. The largest absolute Gasteiger partial charge is 0.427 e. The van der Waals surface area contributed by atoms with Crippen LogP contribution in [-0.4, -0.2) is 18.1 Å². The molecular formula is C26H26N2O3. The number of aryl methyl sites for hydroxylation is 2. The molecule has 5 heteroatoms. The minimum absolute atomic E-state index is 0.115. The summed E-state index contributed by atoms with van der Waals surface area (Å²) in [6.07, 6.45) is 4.60. The maximum Gasteiger partial charge on any atom is 0.311 e. The zero-order valence-corrected chi connectivity index (χ0v) is 17.4. The Labute approximate surface area is 182 Å². The number of benzene rings is 3. The fourth-order valence-corrected chi connectivity index (χ4v) is 3.03. The number of amides is 1. The molecule has 0 heterocycles. The summed E-state index contributed by atoms with van der Waals surface area (Å²) in [6.45, 7) is 0. The van der Waals surface area contributed by atoms with Crippen molar-refractivity contribution in [1.82, 2.24) is 5.43 Å². The molecule has 158 valence electrons. The molecule has 5 nitrogen and oxygen atoms in total. The molecule has 0 unspecified atom stereocenters. The summed E-state index contributed by atoms with van der Waals surface area (Å²) in [5, 5.41) is 3.99. The highest BCUT2D eigenvalue weighted by Crippen LogP contribution is 2.13. The molecule has 0 saturated carbocycles. The van der Waals surface area contributed by atoms with Crippen LogP contribution < -0.4 is 10.2 Å². The first-order valence-corrected chi connectivity index (χ1v) is 10.4. The van der Waals surface area contributed by atoms with Crippen molar-refractivity contribution in [1.29, 1.82) is 0 Å². The number of hydrazone groups is 1. The molecule has 3 aromatic carbocycles. The lowest BCUT2D eigenvalue weighted by atomic mass is 10.1. The second-order valence-corrected chi connectivity index (χ2v) is 7.16. The molecule has 0 aromatic heterocycles. The highest BCUT2D eigenvalue weighted by atomic mass is 16.5. The molecule has 31 heavy (non-hydrogen) atoms. The second-order valence-electron chi connectivity index (χ2n) is 7.16. The van der Waals surface area contributed by atoms with Gasteiger partial charge in [0.2, 0.25) is 5.91 Å². The van der Waals surface area contributed by atoms with Crippen molar-refractivity contribution in [2.45, 2.75) is 32.1 Å². The SMILES string of the molecule is O=C(CCCc1ccccc1)NN=Cc1ccc(OC(=O)CCc2ccccc2)cc1. The van der Waals surface area contributed by atoms with E-state index in [0.717, 1.165) is 24.0 Å². The number of ether oxygens (including phenoxy) is 1. The molecule has 0 aliphatic carbocycles. The minimum Gasteiger partial charge on any atom is -0.427 e. The van der Waals surface area contributed by atoms with Crippen LogP contribution in [0.5, 0.6) is 5.75 Å². The van der Waals surface area contributed by atoms with Gasteiger partial charge in [-0.05, 0) is 60.2 Å². The Hall–Kier alpha value is -3.73. The Morgan fingerprint density at radius 2 is 1.39 bits per heavy atom. The van der Waals surface area contributed by atoms with Gasteiger partial charge in [-0.15, -0.1) is 0 Å². The lowest BCUT2D eigenvalue weighted by Gasteiger charge is -2.05. The predicted molar refractivity (Wildman–Crippen MR) is 122 cm³/mol. The van der Waals surface area contributed by atoms with Crippen molar-refractivity contribution in [2.75, 3.05) is 0 Å². The van der Waals surface area contributed by atoms with Crippen LogP contribution >= 0.6 is 0 Å². The summed E-state index contributed by atoms with van der Waals surface area (Å²) in [4.78, 5) is 23.9. The number of nitrogens with one attached hydrogen (secondary N) is 1. The summed E-state index contributed by atoms with van der Waals surface area (Å²) in [5.41, 5.74) is 5.67. The maximum atomic E-state index is 12.0. The topological polar surface area (TPSA) is 67.8 Å². The normalized spacial score (nSPS) is 10.7. The Morgan fingerprint density at radius 1 is 0.774 bits per heavy atom. The summed E-state index contributed by atoms with van der Waals surface area (Å²) >= 11 is 0. The quantitative estimate of drug-likeness (QED) is 0.226. The lowest BCUT2D eigenvalue weighted by molar-refractivity contribution is -0.134. The third-order valence-corrected chi connectivity index (χ3v) is 4.69. The Morgan fingerprint density at radius 3 is 2.03 bits per heavy atom. The van der Waals surface area contributed by atoms with Gasteiger partial charge in [-0.2, -0.15) is 5.10 Å². The average molecular weight is 415 g/mol. The van der Waals surface area contributed by atoms with Crippen molar-refractivity contribution in [2.24, 2.45) is 5.10 Å². The van der Waals surface area contributed by atoms with E-state index in [1.54, 1.807) is 30.5 Å². The Bertz CT molecular complexity index is 984. The zero-order valence-electron chi connectivity index (χ0n) is 17.4. The van der Waals surface area contributed by atoms with Crippen LogP contribution in [0.4, 0.5) is 0 Å². The van der Waals surface area contributed by atoms with Crippen LogP contribution in [0.25, 0.3) is 0 Å². The molecule has 0 atom stereocenters. The molecule has 0 aliphatic heterocycles. The number of hydrogen-bond acceptors (Lipinski definition) is 4. The molecule has 0 saturated heterocycles. The van der Waals surface area contributed by atoms with Gasteiger partial charge >= 0.3 is 5.97 Å². The third kappa shape index (κ3) is 8.26. The number of nitrogens with zero attached hydrogens (tertiary/aromatic N) is 1. The number of rotatable bonds is 10. The summed E-state index contributed by atoms with van der Waals surface area (Å²) in [5.74, 6) is 0.101. The maximum absolute atomic E-state index is 12.0. The van der Waals surface area contributed by atoms with E-state index in [2.05, 4.69) is 22.7 Å². The number of hydrogen-bond donors (Lipinski definition) is 1. The van der Waals surface area contributed by atoms with Gasteiger partial charge in [0.1, 0.15) is 5.75 Å². The highest BCUT2D eigenvalue weighted by molar-refractivity contribution is 5.82. The highest BCUT2D eigenvalue weighted by Gasteiger charge is 2.05. The fourth-order valence-electron chi connectivity index (χ4n) is 3.03. The van der Waals surface area contributed by atoms with Gasteiger partial charge < -0.3 is 4.74 Å². The van der Waals surface area contributed by atoms with E-state index in [1.807, 2.05) is 48.5 Å². The third-order valence-electron chi connectivity index (χ3n) is 4.69. The van der Waals surface area contributed by atoms with Crippen LogP contribution in [-0.2, 0) is 22.4 Å². The standard InChI is InChI=1S/C26H26N2O3/c29-25(13-7-12-21-8-3-1-4-9-21)28-27-20-23-14-17-24(18-15-23)31-26(30)19-16-22-10-5-2-6-11-22/h1-6,8-11,14-15,17-18,20H,7,12-13,16,19H2,(H,28,29). The Balaban J connectivity index is 1.35. The fraction of sp³-hybridized carbons (Fsp3) is 0.192. The van der Waals surface area contributed by atoms with Crippen LogP contribution in [0.15, 0.2) is 90.0 Å². The molecule has 0 fully saturated rings.